The third kappa shape index (κ3) is 2.67. The Balaban J connectivity index is 1.75. The van der Waals surface area contributed by atoms with Crippen LogP contribution < -0.4 is 15.5 Å². The summed E-state index contributed by atoms with van der Waals surface area (Å²) in [4.78, 5) is 25.8. The fraction of sp³-hybridized carbons (Fsp3) is 0.467. The smallest absolute Gasteiger partial charge is 0.244 e. The minimum atomic E-state index is -0.131. The average Bonchev–Trinajstić information content (AvgIpc) is 2.47. The molecule has 0 aliphatic carbocycles. The van der Waals surface area contributed by atoms with E-state index in [-0.39, 0.29) is 24.4 Å². The molecule has 0 bridgehead atoms. The Morgan fingerprint density at radius 2 is 2.15 bits per heavy atom. The summed E-state index contributed by atoms with van der Waals surface area (Å²) < 4.78 is 0. The summed E-state index contributed by atoms with van der Waals surface area (Å²) in [5.41, 5.74) is 1.52. The molecule has 1 fully saturated rings. The average molecular weight is 273 g/mol. The Morgan fingerprint density at radius 3 is 2.95 bits per heavy atom. The minimum absolute atomic E-state index is 0.0201. The molecule has 5 nitrogen and oxygen atoms in total. The number of anilines is 2. The van der Waals surface area contributed by atoms with Gasteiger partial charge in [-0.25, -0.2) is 0 Å². The summed E-state index contributed by atoms with van der Waals surface area (Å²) in [6.45, 7) is 1.09. The molecule has 1 aromatic rings. The number of carbonyl (C=O) groups is 2. The van der Waals surface area contributed by atoms with Crippen LogP contribution in [0.3, 0.4) is 0 Å². The topological polar surface area (TPSA) is 61.4 Å². The van der Waals surface area contributed by atoms with Gasteiger partial charge in [-0.15, -0.1) is 0 Å². The zero-order valence-electron chi connectivity index (χ0n) is 11.4. The summed E-state index contributed by atoms with van der Waals surface area (Å²) in [6, 6.07) is 7.69. The molecule has 0 spiro atoms. The number of rotatable bonds is 2. The molecule has 5 heteroatoms. The SMILES string of the molecule is O=C1CN(C(=O)CC2CCCCN2)c2ccccc2N1. The summed E-state index contributed by atoms with van der Waals surface area (Å²) >= 11 is 0. The molecule has 2 amide bonds. The van der Waals surface area contributed by atoms with Gasteiger partial charge in [0, 0.05) is 12.5 Å². The van der Waals surface area contributed by atoms with Crippen LogP contribution in [0.25, 0.3) is 0 Å². The first-order valence-electron chi connectivity index (χ1n) is 7.16. The maximum Gasteiger partial charge on any atom is 0.244 e. The van der Waals surface area contributed by atoms with E-state index < -0.39 is 0 Å². The number of nitrogens with one attached hydrogen (secondary N) is 2. The second-order valence-corrected chi connectivity index (χ2v) is 5.40. The largest absolute Gasteiger partial charge is 0.323 e. The van der Waals surface area contributed by atoms with Crippen molar-refractivity contribution in [3.63, 3.8) is 0 Å². The lowest BCUT2D eigenvalue weighted by molar-refractivity contribution is -0.122. The van der Waals surface area contributed by atoms with Crippen LogP contribution in [0.15, 0.2) is 24.3 Å². The Hall–Kier alpha value is -1.88. The van der Waals surface area contributed by atoms with Crippen molar-refractivity contribution in [1.82, 2.24) is 5.32 Å². The van der Waals surface area contributed by atoms with Gasteiger partial charge >= 0.3 is 0 Å². The summed E-state index contributed by atoms with van der Waals surface area (Å²) in [5, 5.41) is 6.18. The monoisotopic (exact) mass is 273 g/mol. The molecule has 2 aliphatic rings. The van der Waals surface area contributed by atoms with Gasteiger partial charge in [-0.2, -0.15) is 0 Å². The van der Waals surface area contributed by atoms with E-state index in [0.29, 0.717) is 12.1 Å². The highest BCUT2D eigenvalue weighted by molar-refractivity contribution is 6.09. The van der Waals surface area contributed by atoms with Crippen LogP contribution in [0, 0.1) is 0 Å². The molecule has 2 aliphatic heterocycles. The van der Waals surface area contributed by atoms with Gasteiger partial charge in [0.1, 0.15) is 6.54 Å². The minimum Gasteiger partial charge on any atom is -0.323 e. The zero-order valence-corrected chi connectivity index (χ0v) is 11.4. The number of hydrogen-bond acceptors (Lipinski definition) is 3. The Bertz CT molecular complexity index is 524. The Labute approximate surface area is 118 Å². The van der Waals surface area contributed by atoms with Gasteiger partial charge in [0.05, 0.1) is 11.4 Å². The van der Waals surface area contributed by atoms with E-state index in [9.17, 15) is 9.59 Å². The van der Waals surface area contributed by atoms with Gasteiger partial charge in [-0.1, -0.05) is 18.6 Å². The molecule has 2 heterocycles. The fourth-order valence-electron chi connectivity index (χ4n) is 2.87. The highest BCUT2D eigenvalue weighted by Crippen LogP contribution is 2.29. The molecular formula is C15H19N3O2. The maximum absolute atomic E-state index is 12.5. The van der Waals surface area contributed by atoms with Gasteiger partial charge in [0.2, 0.25) is 11.8 Å². The summed E-state index contributed by atoms with van der Waals surface area (Å²) in [5.74, 6) is -0.111. The molecule has 3 rings (SSSR count). The highest BCUT2D eigenvalue weighted by atomic mass is 16.2. The van der Waals surface area contributed by atoms with E-state index in [1.165, 1.54) is 12.8 Å². The quantitative estimate of drug-likeness (QED) is 0.858. The number of para-hydroxylation sites is 2. The number of nitrogens with zero attached hydrogens (tertiary/aromatic N) is 1. The molecule has 0 radical (unpaired) electrons. The molecule has 1 aromatic carbocycles. The first-order chi connectivity index (χ1) is 9.74. The van der Waals surface area contributed by atoms with Crippen molar-refractivity contribution in [1.29, 1.82) is 0 Å². The lowest BCUT2D eigenvalue weighted by Crippen LogP contribution is -2.45. The molecule has 2 N–H and O–H groups in total. The van der Waals surface area contributed by atoms with Crippen molar-refractivity contribution in [2.75, 3.05) is 23.3 Å². The summed E-state index contributed by atoms with van der Waals surface area (Å²) in [7, 11) is 0. The van der Waals surface area contributed by atoms with E-state index in [1.807, 2.05) is 24.3 Å². The van der Waals surface area contributed by atoms with Crippen molar-refractivity contribution in [2.45, 2.75) is 31.7 Å². The van der Waals surface area contributed by atoms with Crippen LogP contribution in [-0.4, -0.2) is 30.9 Å². The number of benzene rings is 1. The van der Waals surface area contributed by atoms with E-state index in [1.54, 1.807) is 4.90 Å². The lowest BCUT2D eigenvalue weighted by Gasteiger charge is -2.31. The fourth-order valence-corrected chi connectivity index (χ4v) is 2.87. The molecule has 0 saturated carbocycles. The molecular weight excluding hydrogens is 254 g/mol. The first kappa shape index (κ1) is 13.1. The second-order valence-electron chi connectivity index (χ2n) is 5.40. The molecule has 1 unspecified atom stereocenters. The van der Waals surface area contributed by atoms with E-state index >= 15 is 0 Å². The molecule has 1 atom stereocenters. The van der Waals surface area contributed by atoms with Crippen molar-refractivity contribution < 1.29 is 9.59 Å². The lowest BCUT2D eigenvalue weighted by atomic mass is 10.0. The van der Waals surface area contributed by atoms with Gasteiger partial charge in [-0.05, 0) is 31.5 Å². The Kier molecular flexibility index (Phi) is 3.69. The predicted octanol–water partition coefficient (Wildman–Crippen LogP) is 1.50. The maximum atomic E-state index is 12.5. The summed E-state index contributed by atoms with van der Waals surface area (Å²) in [6.07, 6.45) is 3.84. The normalized spacial score (nSPS) is 22.1. The standard InChI is InChI=1S/C15H19N3O2/c19-14-10-18(13-7-2-1-6-12(13)17-14)15(20)9-11-5-3-4-8-16-11/h1-2,6-7,11,16H,3-5,8-10H2,(H,17,19). The van der Waals surface area contributed by atoms with Crippen LogP contribution in [0.1, 0.15) is 25.7 Å². The van der Waals surface area contributed by atoms with E-state index in [4.69, 9.17) is 0 Å². The molecule has 0 aromatic heterocycles. The van der Waals surface area contributed by atoms with E-state index in [2.05, 4.69) is 10.6 Å². The Morgan fingerprint density at radius 1 is 1.30 bits per heavy atom. The molecule has 1 saturated heterocycles. The van der Waals surface area contributed by atoms with Gasteiger partial charge in [-0.3, -0.25) is 9.59 Å². The van der Waals surface area contributed by atoms with Crippen molar-refractivity contribution in [3.8, 4) is 0 Å². The molecule has 20 heavy (non-hydrogen) atoms. The molecule has 106 valence electrons. The number of hydrogen-bond donors (Lipinski definition) is 2. The van der Waals surface area contributed by atoms with Crippen LogP contribution in [-0.2, 0) is 9.59 Å². The van der Waals surface area contributed by atoms with Crippen LogP contribution in [0.2, 0.25) is 0 Å². The van der Waals surface area contributed by atoms with Gasteiger partial charge in [0.15, 0.2) is 0 Å². The van der Waals surface area contributed by atoms with E-state index in [0.717, 1.165) is 18.7 Å². The van der Waals surface area contributed by atoms with Crippen LogP contribution >= 0.6 is 0 Å². The first-order valence-corrected chi connectivity index (χ1v) is 7.16. The predicted molar refractivity (Wildman–Crippen MR) is 77.7 cm³/mol. The van der Waals surface area contributed by atoms with Crippen LogP contribution in [0.5, 0.6) is 0 Å². The van der Waals surface area contributed by atoms with Crippen molar-refractivity contribution in [2.24, 2.45) is 0 Å². The third-order valence-corrected chi connectivity index (χ3v) is 3.91. The van der Waals surface area contributed by atoms with Gasteiger partial charge < -0.3 is 15.5 Å². The number of fused-ring (bicyclic) bond motifs is 1. The third-order valence-electron chi connectivity index (χ3n) is 3.91. The number of piperidine rings is 1. The van der Waals surface area contributed by atoms with Gasteiger partial charge in [0.25, 0.3) is 0 Å². The van der Waals surface area contributed by atoms with Crippen molar-refractivity contribution >= 4 is 23.2 Å². The second kappa shape index (κ2) is 5.63. The number of carbonyl (C=O) groups excluding carboxylic acids is 2. The van der Waals surface area contributed by atoms with Crippen molar-refractivity contribution in [3.05, 3.63) is 24.3 Å². The number of amides is 2. The highest BCUT2D eigenvalue weighted by Gasteiger charge is 2.28. The zero-order chi connectivity index (χ0) is 13.9. The van der Waals surface area contributed by atoms with Crippen LogP contribution in [0.4, 0.5) is 11.4 Å².